The maximum atomic E-state index is 5.30. The molecule has 0 bridgehead atoms. The van der Waals surface area contributed by atoms with E-state index in [0.29, 0.717) is 5.92 Å². The van der Waals surface area contributed by atoms with Crippen molar-refractivity contribution in [3.8, 4) is 22.6 Å². The molecule has 4 rings (SSSR count). The Balaban J connectivity index is 1.86. The second kappa shape index (κ2) is 8.35. The number of hydrogen-bond acceptors (Lipinski definition) is 4. The zero-order valence-corrected chi connectivity index (χ0v) is 17.1. The van der Waals surface area contributed by atoms with Crippen LogP contribution in [0.5, 0.6) is 5.75 Å². The zero-order valence-electron chi connectivity index (χ0n) is 17.1. The predicted molar refractivity (Wildman–Crippen MR) is 119 cm³/mol. The van der Waals surface area contributed by atoms with Gasteiger partial charge >= 0.3 is 0 Å². The summed E-state index contributed by atoms with van der Waals surface area (Å²) in [4.78, 5) is 9.20. The monoisotopic (exact) mass is 386 g/mol. The second-order valence-electron chi connectivity index (χ2n) is 7.51. The number of rotatable bonds is 7. The number of hydrogen-bond donors (Lipinski definition) is 1. The molecule has 0 aliphatic heterocycles. The molecule has 0 aliphatic carbocycles. The highest BCUT2D eigenvalue weighted by atomic mass is 16.5. The lowest BCUT2D eigenvalue weighted by Gasteiger charge is -2.10. The quantitative estimate of drug-likeness (QED) is 0.452. The summed E-state index contributed by atoms with van der Waals surface area (Å²) < 4.78 is 7.42. The first-order chi connectivity index (χ1) is 14.2. The lowest BCUT2D eigenvalue weighted by atomic mass is 10.1. The Morgan fingerprint density at radius 1 is 1.00 bits per heavy atom. The number of aromatic nitrogens is 3. The van der Waals surface area contributed by atoms with E-state index < -0.39 is 0 Å². The molecule has 0 saturated heterocycles. The molecule has 2 aromatic heterocycles. The summed E-state index contributed by atoms with van der Waals surface area (Å²) in [6.45, 7) is 5.34. The van der Waals surface area contributed by atoms with Crippen LogP contribution in [0.15, 0.2) is 67.1 Å². The fraction of sp³-hybridized carbons (Fsp3) is 0.250. The van der Waals surface area contributed by atoms with Crippen molar-refractivity contribution >= 4 is 16.9 Å². The lowest BCUT2D eigenvalue weighted by Crippen LogP contribution is -2.07. The van der Waals surface area contributed by atoms with Crippen molar-refractivity contribution in [2.24, 2.45) is 5.92 Å². The van der Waals surface area contributed by atoms with Gasteiger partial charge in [-0.2, -0.15) is 0 Å². The second-order valence-corrected chi connectivity index (χ2v) is 7.51. The molecule has 2 aromatic carbocycles. The smallest absolute Gasteiger partial charge is 0.150 e. The van der Waals surface area contributed by atoms with E-state index in [1.165, 1.54) is 0 Å². The van der Waals surface area contributed by atoms with Crippen LogP contribution < -0.4 is 10.1 Å². The van der Waals surface area contributed by atoms with Gasteiger partial charge in [-0.15, -0.1) is 0 Å². The van der Waals surface area contributed by atoms with Crippen LogP contribution in [0.2, 0.25) is 0 Å². The molecular formula is C24H26N4O. The Hall–Kier alpha value is -3.34. The first-order valence-corrected chi connectivity index (χ1v) is 9.97. The third-order valence-corrected chi connectivity index (χ3v) is 5.03. The minimum absolute atomic E-state index is 0.636. The maximum Gasteiger partial charge on any atom is 0.150 e. The van der Waals surface area contributed by atoms with Gasteiger partial charge in [0.2, 0.25) is 0 Å². The Labute approximate surface area is 171 Å². The average Bonchev–Trinajstić information content (AvgIpc) is 3.15. The summed E-state index contributed by atoms with van der Waals surface area (Å²) >= 11 is 0. The van der Waals surface area contributed by atoms with Gasteiger partial charge in [0.15, 0.2) is 5.65 Å². The average molecular weight is 386 g/mol. The van der Waals surface area contributed by atoms with E-state index in [2.05, 4.69) is 64.2 Å². The molecule has 2 heterocycles. The van der Waals surface area contributed by atoms with Crippen molar-refractivity contribution in [2.45, 2.75) is 20.3 Å². The number of methoxy groups -OCH3 is 1. The van der Waals surface area contributed by atoms with Gasteiger partial charge in [-0.3, -0.25) is 0 Å². The van der Waals surface area contributed by atoms with Gasteiger partial charge in [-0.05, 0) is 42.2 Å². The van der Waals surface area contributed by atoms with Gasteiger partial charge in [0.1, 0.15) is 17.9 Å². The Bertz CT molecular complexity index is 1090. The first kappa shape index (κ1) is 19.0. The molecular weight excluding hydrogens is 360 g/mol. The standard InChI is InChI=1S/C24H26N4O/c1-17(2)13-14-25-23-22-21(18-7-5-4-6-8-18)15-28(24(22)27-16-26-23)19-9-11-20(29-3)12-10-19/h4-12,15-17H,13-14H2,1-3H3,(H,25,26,27). The van der Waals surface area contributed by atoms with Gasteiger partial charge in [0.25, 0.3) is 0 Å². The van der Waals surface area contributed by atoms with Crippen molar-refractivity contribution in [1.82, 2.24) is 14.5 Å². The third-order valence-electron chi connectivity index (χ3n) is 5.03. The number of nitrogens with one attached hydrogen (secondary N) is 1. The number of anilines is 1. The molecule has 29 heavy (non-hydrogen) atoms. The lowest BCUT2D eigenvalue weighted by molar-refractivity contribution is 0.415. The van der Waals surface area contributed by atoms with Crippen molar-refractivity contribution in [1.29, 1.82) is 0 Å². The fourth-order valence-corrected chi connectivity index (χ4v) is 3.45. The molecule has 148 valence electrons. The van der Waals surface area contributed by atoms with Crippen LogP contribution in [0, 0.1) is 5.92 Å². The molecule has 5 nitrogen and oxygen atoms in total. The molecule has 0 radical (unpaired) electrons. The fourth-order valence-electron chi connectivity index (χ4n) is 3.45. The summed E-state index contributed by atoms with van der Waals surface area (Å²) in [6, 6.07) is 18.4. The van der Waals surface area contributed by atoms with E-state index in [-0.39, 0.29) is 0 Å². The summed E-state index contributed by atoms with van der Waals surface area (Å²) in [5, 5.41) is 4.57. The Morgan fingerprint density at radius 2 is 1.76 bits per heavy atom. The molecule has 1 N–H and O–H groups in total. The molecule has 0 atom stereocenters. The summed E-state index contributed by atoms with van der Waals surface area (Å²) in [7, 11) is 1.68. The summed E-state index contributed by atoms with van der Waals surface area (Å²) in [5.41, 5.74) is 4.18. The minimum atomic E-state index is 0.636. The van der Waals surface area contributed by atoms with Crippen molar-refractivity contribution < 1.29 is 4.74 Å². The maximum absolute atomic E-state index is 5.30. The van der Waals surface area contributed by atoms with Crippen LogP contribution in [0.1, 0.15) is 20.3 Å². The van der Waals surface area contributed by atoms with Gasteiger partial charge < -0.3 is 14.6 Å². The molecule has 0 amide bonds. The molecule has 0 aliphatic rings. The molecule has 0 spiro atoms. The third kappa shape index (κ3) is 3.94. The van der Waals surface area contributed by atoms with Crippen LogP contribution in [-0.2, 0) is 0 Å². The van der Waals surface area contributed by atoms with Crippen LogP contribution in [0.3, 0.4) is 0 Å². The van der Waals surface area contributed by atoms with E-state index in [1.807, 2.05) is 30.3 Å². The topological polar surface area (TPSA) is 52.0 Å². The zero-order chi connectivity index (χ0) is 20.2. The van der Waals surface area contributed by atoms with Gasteiger partial charge in [-0.1, -0.05) is 44.2 Å². The van der Waals surface area contributed by atoms with Gasteiger partial charge in [0.05, 0.1) is 12.5 Å². The Morgan fingerprint density at radius 3 is 2.45 bits per heavy atom. The van der Waals surface area contributed by atoms with E-state index in [4.69, 9.17) is 4.74 Å². The van der Waals surface area contributed by atoms with Crippen LogP contribution in [0.25, 0.3) is 27.8 Å². The van der Waals surface area contributed by atoms with Crippen molar-refractivity contribution in [2.75, 3.05) is 19.0 Å². The highest BCUT2D eigenvalue weighted by Gasteiger charge is 2.17. The minimum Gasteiger partial charge on any atom is -0.497 e. The van der Waals surface area contributed by atoms with E-state index in [9.17, 15) is 0 Å². The number of benzene rings is 2. The van der Waals surface area contributed by atoms with Crippen molar-refractivity contribution in [3.05, 3.63) is 67.1 Å². The Kier molecular flexibility index (Phi) is 5.47. The molecule has 0 unspecified atom stereocenters. The summed E-state index contributed by atoms with van der Waals surface area (Å²) in [6.07, 6.45) is 4.87. The van der Waals surface area contributed by atoms with E-state index in [1.54, 1.807) is 13.4 Å². The largest absolute Gasteiger partial charge is 0.497 e. The SMILES string of the molecule is COc1ccc(-n2cc(-c3ccccc3)c3c(NCCC(C)C)ncnc32)cc1. The van der Waals surface area contributed by atoms with Gasteiger partial charge in [-0.25, -0.2) is 9.97 Å². The van der Waals surface area contributed by atoms with Crippen LogP contribution >= 0.6 is 0 Å². The number of ether oxygens (including phenoxy) is 1. The predicted octanol–water partition coefficient (Wildman–Crippen LogP) is 5.55. The molecule has 0 fully saturated rings. The number of nitrogens with zero attached hydrogens (tertiary/aromatic N) is 3. The highest BCUT2D eigenvalue weighted by Crippen LogP contribution is 2.35. The van der Waals surface area contributed by atoms with Crippen LogP contribution in [0.4, 0.5) is 5.82 Å². The van der Waals surface area contributed by atoms with E-state index >= 15 is 0 Å². The van der Waals surface area contributed by atoms with Crippen LogP contribution in [-0.4, -0.2) is 28.2 Å². The molecule has 5 heteroatoms. The first-order valence-electron chi connectivity index (χ1n) is 9.97. The number of fused-ring (bicyclic) bond motifs is 1. The van der Waals surface area contributed by atoms with Crippen molar-refractivity contribution in [3.63, 3.8) is 0 Å². The molecule has 0 saturated carbocycles. The molecule has 4 aromatic rings. The van der Waals surface area contributed by atoms with E-state index in [0.717, 1.165) is 52.4 Å². The summed E-state index contributed by atoms with van der Waals surface area (Å²) in [5.74, 6) is 2.35. The van der Waals surface area contributed by atoms with Gasteiger partial charge in [0, 0.05) is 24.0 Å². The highest BCUT2D eigenvalue weighted by molar-refractivity contribution is 6.02. The normalized spacial score (nSPS) is 11.2.